The van der Waals surface area contributed by atoms with Crippen LogP contribution in [0.5, 0.6) is 5.75 Å². The van der Waals surface area contributed by atoms with Gasteiger partial charge in [0.05, 0.1) is 0 Å². The molecule has 3 heteroatoms. The summed E-state index contributed by atoms with van der Waals surface area (Å²) in [6.45, 7) is 4.87. The quantitative estimate of drug-likeness (QED) is 0.911. The Labute approximate surface area is 131 Å². The molecule has 0 amide bonds. The highest BCUT2D eigenvalue weighted by Gasteiger charge is 2.16. The van der Waals surface area contributed by atoms with E-state index in [4.69, 9.17) is 4.74 Å². The number of hydrogen-bond acceptors (Lipinski definition) is 3. The van der Waals surface area contributed by atoms with Gasteiger partial charge in [-0.3, -0.25) is 0 Å². The summed E-state index contributed by atoms with van der Waals surface area (Å²) in [6.07, 6.45) is 2.23. The Morgan fingerprint density at radius 2 is 2.00 bits per heavy atom. The molecule has 3 nitrogen and oxygen atoms in total. The fraction of sp³-hybridized carbons (Fsp3) is 0.368. The van der Waals surface area contributed by atoms with Crippen molar-refractivity contribution in [3.05, 3.63) is 58.7 Å². The molecule has 2 heterocycles. The van der Waals surface area contributed by atoms with Gasteiger partial charge < -0.3 is 15.4 Å². The first-order valence-corrected chi connectivity index (χ1v) is 8.11. The van der Waals surface area contributed by atoms with Crippen molar-refractivity contribution in [3.63, 3.8) is 0 Å². The fourth-order valence-electron chi connectivity index (χ4n) is 3.39. The number of hydrogen-bond donors (Lipinski definition) is 2. The SMILES string of the molecule is CC1Cc2ccc(COc3ccc4c(c3)CNCC4)cc2N1. The lowest BCUT2D eigenvalue weighted by molar-refractivity contribution is 0.305. The third-order valence-electron chi connectivity index (χ3n) is 4.57. The second kappa shape index (κ2) is 5.65. The predicted octanol–water partition coefficient (Wildman–Crippen LogP) is 3.27. The van der Waals surface area contributed by atoms with Gasteiger partial charge in [0, 0.05) is 18.3 Å². The molecule has 0 saturated carbocycles. The van der Waals surface area contributed by atoms with E-state index < -0.39 is 0 Å². The number of anilines is 1. The Balaban J connectivity index is 1.46. The van der Waals surface area contributed by atoms with Gasteiger partial charge in [-0.15, -0.1) is 0 Å². The summed E-state index contributed by atoms with van der Waals surface area (Å²) in [6, 6.07) is 13.6. The average molecular weight is 294 g/mol. The van der Waals surface area contributed by atoms with Crippen LogP contribution in [0.2, 0.25) is 0 Å². The first kappa shape index (κ1) is 13.6. The standard InChI is InChI=1S/C19H22N2O/c1-13-8-16-3-2-14(9-19(16)21-13)12-22-18-5-4-15-6-7-20-11-17(15)10-18/h2-5,9-10,13,20-21H,6-8,11-12H2,1H3. The largest absolute Gasteiger partial charge is 0.489 e. The van der Waals surface area contributed by atoms with Gasteiger partial charge in [0.1, 0.15) is 12.4 Å². The van der Waals surface area contributed by atoms with Crippen molar-refractivity contribution in [1.82, 2.24) is 5.32 Å². The van der Waals surface area contributed by atoms with Crippen LogP contribution in [-0.4, -0.2) is 12.6 Å². The summed E-state index contributed by atoms with van der Waals surface area (Å²) >= 11 is 0. The van der Waals surface area contributed by atoms with E-state index in [1.54, 1.807) is 0 Å². The van der Waals surface area contributed by atoms with Crippen LogP contribution < -0.4 is 15.4 Å². The van der Waals surface area contributed by atoms with Crippen LogP contribution in [0.15, 0.2) is 36.4 Å². The first-order chi connectivity index (χ1) is 10.8. The molecule has 0 saturated heterocycles. The number of ether oxygens (including phenoxy) is 1. The maximum atomic E-state index is 5.99. The van der Waals surface area contributed by atoms with Crippen LogP contribution in [0.25, 0.3) is 0 Å². The van der Waals surface area contributed by atoms with E-state index in [0.29, 0.717) is 12.6 Å². The van der Waals surface area contributed by atoms with Crippen molar-refractivity contribution < 1.29 is 4.74 Å². The molecule has 0 aliphatic carbocycles. The van der Waals surface area contributed by atoms with Crippen molar-refractivity contribution >= 4 is 5.69 Å². The molecular formula is C19H22N2O. The molecule has 0 bridgehead atoms. The van der Waals surface area contributed by atoms with E-state index in [0.717, 1.165) is 31.7 Å². The predicted molar refractivity (Wildman–Crippen MR) is 89.4 cm³/mol. The Hall–Kier alpha value is -2.00. The van der Waals surface area contributed by atoms with Crippen molar-refractivity contribution in [2.45, 2.75) is 39.0 Å². The number of rotatable bonds is 3. The van der Waals surface area contributed by atoms with Crippen LogP contribution in [0, 0.1) is 0 Å². The van der Waals surface area contributed by atoms with Crippen molar-refractivity contribution in [2.24, 2.45) is 0 Å². The van der Waals surface area contributed by atoms with Crippen molar-refractivity contribution in [1.29, 1.82) is 0 Å². The summed E-state index contributed by atoms with van der Waals surface area (Å²) in [5, 5.41) is 6.92. The fourth-order valence-corrected chi connectivity index (χ4v) is 3.39. The van der Waals surface area contributed by atoms with Crippen LogP contribution in [0.4, 0.5) is 5.69 Å². The van der Waals surface area contributed by atoms with Gasteiger partial charge >= 0.3 is 0 Å². The van der Waals surface area contributed by atoms with Crippen LogP contribution in [0.1, 0.15) is 29.2 Å². The molecule has 2 aromatic rings. The van der Waals surface area contributed by atoms with Gasteiger partial charge in [-0.05, 0) is 66.8 Å². The number of nitrogens with one attached hydrogen (secondary N) is 2. The molecule has 22 heavy (non-hydrogen) atoms. The van der Waals surface area contributed by atoms with E-state index >= 15 is 0 Å². The lowest BCUT2D eigenvalue weighted by Crippen LogP contribution is -2.23. The zero-order valence-corrected chi connectivity index (χ0v) is 13.0. The minimum Gasteiger partial charge on any atom is -0.489 e. The van der Waals surface area contributed by atoms with E-state index in [-0.39, 0.29) is 0 Å². The Morgan fingerprint density at radius 1 is 1.09 bits per heavy atom. The lowest BCUT2D eigenvalue weighted by Gasteiger charge is -2.18. The second-order valence-corrected chi connectivity index (χ2v) is 6.39. The number of fused-ring (bicyclic) bond motifs is 2. The normalized spacial score (nSPS) is 19.2. The summed E-state index contributed by atoms with van der Waals surface area (Å²) in [5.41, 5.74) is 6.71. The highest BCUT2D eigenvalue weighted by Crippen LogP contribution is 2.27. The summed E-state index contributed by atoms with van der Waals surface area (Å²) in [7, 11) is 0. The molecule has 0 aromatic heterocycles. The molecule has 2 aliphatic heterocycles. The molecular weight excluding hydrogens is 272 g/mol. The molecule has 2 N–H and O–H groups in total. The van der Waals surface area contributed by atoms with Gasteiger partial charge in [-0.25, -0.2) is 0 Å². The molecule has 0 fully saturated rings. The van der Waals surface area contributed by atoms with Gasteiger partial charge in [0.15, 0.2) is 0 Å². The zero-order valence-electron chi connectivity index (χ0n) is 13.0. The van der Waals surface area contributed by atoms with E-state index in [9.17, 15) is 0 Å². The molecule has 2 aliphatic rings. The van der Waals surface area contributed by atoms with Crippen LogP contribution in [-0.2, 0) is 26.0 Å². The monoisotopic (exact) mass is 294 g/mol. The van der Waals surface area contributed by atoms with E-state index in [1.165, 1.54) is 27.9 Å². The number of benzene rings is 2. The molecule has 1 unspecified atom stereocenters. The van der Waals surface area contributed by atoms with Gasteiger partial charge in [0.25, 0.3) is 0 Å². The second-order valence-electron chi connectivity index (χ2n) is 6.39. The Morgan fingerprint density at radius 3 is 2.95 bits per heavy atom. The van der Waals surface area contributed by atoms with Gasteiger partial charge in [-0.2, -0.15) is 0 Å². The average Bonchev–Trinajstić information content (AvgIpc) is 2.92. The zero-order chi connectivity index (χ0) is 14.9. The third-order valence-corrected chi connectivity index (χ3v) is 4.57. The molecule has 2 aromatic carbocycles. The van der Waals surface area contributed by atoms with Crippen molar-refractivity contribution in [2.75, 3.05) is 11.9 Å². The topological polar surface area (TPSA) is 33.3 Å². The highest BCUT2D eigenvalue weighted by molar-refractivity contribution is 5.58. The minimum absolute atomic E-state index is 0.541. The van der Waals surface area contributed by atoms with Crippen LogP contribution in [0.3, 0.4) is 0 Å². The van der Waals surface area contributed by atoms with Gasteiger partial charge in [0.2, 0.25) is 0 Å². The third kappa shape index (κ3) is 2.69. The Bertz CT molecular complexity index is 696. The molecule has 1 atom stereocenters. The minimum atomic E-state index is 0.541. The maximum absolute atomic E-state index is 5.99. The maximum Gasteiger partial charge on any atom is 0.120 e. The lowest BCUT2D eigenvalue weighted by atomic mass is 10.0. The van der Waals surface area contributed by atoms with E-state index in [1.807, 2.05) is 0 Å². The Kier molecular flexibility index (Phi) is 3.51. The van der Waals surface area contributed by atoms with Crippen LogP contribution >= 0.6 is 0 Å². The highest BCUT2D eigenvalue weighted by atomic mass is 16.5. The summed E-state index contributed by atoms with van der Waals surface area (Å²) in [5.74, 6) is 0.962. The van der Waals surface area contributed by atoms with E-state index in [2.05, 4.69) is 54.0 Å². The molecule has 4 rings (SSSR count). The van der Waals surface area contributed by atoms with Crippen molar-refractivity contribution in [3.8, 4) is 5.75 Å². The smallest absolute Gasteiger partial charge is 0.120 e. The summed E-state index contributed by atoms with van der Waals surface area (Å²) < 4.78 is 5.99. The summed E-state index contributed by atoms with van der Waals surface area (Å²) in [4.78, 5) is 0. The molecule has 0 spiro atoms. The molecule has 0 radical (unpaired) electrons. The molecule has 114 valence electrons. The first-order valence-electron chi connectivity index (χ1n) is 8.11. The van der Waals surface area contributed by atoms with Gasteiger partial charge in [-0.1, -0.05) is 18.2 Å².